The summed E-state index contributed by atoms with van der Waals surface area (Å²) in [6, 6.07) is 12.3. The zero-order valence-electron chi connectivity index (χ0n) is 16.6. The van der Waals surface area contributed by atoms with Gasteiger partial charge in [0, 0.05) is 5.39 Å². The Bertz CT molecular complexity index is 1080. The number of rotatable bonds is 6. The molecule has 0 atom stereocenters. The van der Waals surface area contributed by atoms with E-state index < -0.39 is 11.9 Å². The number of hydrogen-bond acceptors (Lipinski definition) is 7. The third kappa shape index (κ3) is 3.85. The van der Waals surface area contributed by atoms with E-state index in [1.165, 1.54) is 21.3 Å². The van der Waals surface area contributed by atoms with Crippen molar-refractivity contribution in [2.24, 2.45) is 0 Å². The van der Waals surface area contributed by atoms with Gasteiger partial charge in [0.25, 0.3) is 0 Å². The largest absolute Gasteiger partial charge is 0.493 e. The van der Waals surface area contributed by atoms with Gasteiger partial charge in [-0.1, -0.05) is 24.3 Å². The molecule has 150 valence electrons. The number of carbonyl (C=O) groups excluding carboxylic acids is 2. The maximum Gasteiger partial charge on any atom is 0.342 e. The summed E-state index contributed by atoms with van der Waals surface area (Å²) in [5.41, 5.74) is 2.24. The number of methoxy groups -OCH3 is 3. The Morgan fingerprint density at radius 2 is 1.69 bits per heavy atom. The van der Waals surface area contributed by atoms with Gasteiger partial charge >= 0.3 is 11.9 Å². The molecule has 0 aliphatic heterocycles. The van der Waals surface area contributed by atoms with Crippen LogP contribution in [0.4, 0.5) is 0 Å². The number of esters is 2. The molecule has 1 heterocycles. The van der Waals surface area contributed by atoms with Crippen LogP contribution in [-0.4, -0.2) is 38.3 Å². The Morgan fingerprint density at radius 1 is 0.931 bits per heavy atom. The number of nitrogens with zero attached hydrogens (tertiary/aromatic N) is 1. The molecule has 29 heavy (non-hydrogen) atoms. The van der Waals surface area contributed by atoms with Gasteiger partial charge in [0.2, 0.25) is 0 Å². The van der Waals surface area contributed by atoms with Gasteiger partial charge in [0.15, 0.2) is 11.5 Å². The molecule has 0 radical (unpaired) electrons. The third-order valence-electron chi connectivity index (χ3n) is 4.58. The first kappa shape index (κ1) is 20.1. The number of pyridine rings is 1. The first-order valence-corrected chi connectivity index (χ1v) is 8.86. The monoisotopic (exact) mass is 395 g/mol. The summed E-state index contributed by atoms with van der Waals surface area (Å²) in [4.78, 5) is 29.5. The second-order valence-electron chi connectivity index (χ2n) is 6.18. The quantitative estimate of drug-likeness (QED) is 0.588. The highest BCUT2D eigenvalue weighted by Gasteiger charge is 2.22. The molecule has 0 unspecified atom stereocenters. The summed E-state index contributed by atoms with van der Waals surface area (Å²) >= 11 is 0. The topological polar surface area (TPSA) is 84.0 Å². The van der Waals surface area contributed by atoms with Crippen LogP contribution >= 0.6 is 0 Å². The summed E-state index contributed by atoms with van der Waals surface area (Å²) in [7, 11) is 4.23. The highest BCUT2D eigenvalue weighted by molar-refractivity contribution is 5.98. The number of para-hydroxylation sites is 2. The van der Waals surface area contributed by atoms with E-state index in [0.29, 0.717) is 22.5 Å². The molecule has 3 aromatic rings. The fourth-order valence-electron chi connectivity index (χ4n) is 3.18. The van der Waals surface area contributed by atoms with Gasteiger partial charge in [-0.05, 0) is 30.7 Å². The fourth-order valence-corrected chi connectivity index (χ4v) is 3.18. The fraction of sp³-hybridized carbons (Fsp3) is 0.227. The van der Waals surface area contributed by atoms with Crippen molar-refractivity contribution in [2.75, 3.05) is 21.3 Å². The second-order valence-corrected chi connectivity index (χ2v) is 6.18. The van der Waals surface area contributed by atoms with E-state index in [0.717, 1.165) is 5.39 Å². The van der Waals surface area contributed by atoms with Crippen LogP contribution in [-0.2, 0) is 16.1 Å². The molecule has 7 heteroatoms. The van der Waals surface area contributed by atoms with E-state index in [9.17, 15) is 9.59 Å². The van der Waals surface area contributed by atoms with Gasteiger partial charge in [-0.15, -0.1) is 0 Å². The molecule has 0 spiro atoms. The van der Waals surface area contributed by atoms with Crippen molar-refractivity contribution in [2.45, 2.75) is 13.5 Å². The van der Waals surface area contributed by atoms with Crippen LogP contribution in [0.3, 0.4) is 0 Å². The molecule has 0 aliphatic carbocycles. The molecule has 0 aliphatic rings. The van der Waals surface area contributed by atoms with E-state index in [4.69, 9.17) is 18.9 Å². The lowest BCUT2D eigenvalue weighted by atomic mass is 10.0. The van der Waals surface area contributed by atoms with Crippen LogP contribution in [0.1, 0.15) is 32.0 Å². The summed E-state index contributed by atoms with van der Waals surface area (Å²) < 4.78 is 20.9. The molecule has 0 N–H and O–H groups in total. The SMILES string of the molecule is COC(=O)c1c(COC(=O)c2cccc(OC)c2OC)nc2ccccc2c1C. The average Bonchev–Trinajstić information content (AvgIpc) is 2.76. The van der Waals surface area contributed by atoms with E-state index in [-0.39, 0.29) is 23.5 Å². The molecule has 0 amide bonds. The van der Waals surface area contributed by atoms with E-state index >= 15 is 0 Å². The summed E-state index contributed by atoms with van der Waals surface area (Å²) in [6.45, 7) is 1.61. The number of ether oxygens (including phenoxy) is 4. The zero-order valence-corrected chi connectivity index (χ0v) is 16.6. The lowest BCUT2D eigenvalue weighted by Gasteiger charge is -2.15. The van der Waals surface area contributed by atoms with Crippen LogP contribution in [0.2, 0.25) is 0 Å². The van der Waals surface area contributed by atoms with Gasteiger partial charge in [-0.25, -0.2) is 14.6 Å². The van der Waals surface area contributed by atoms with Crippen LogP contribution in [0, 0.1) is 6.92 Å². The van der Waals surface area contributed by atoms with Gasteiger partial charge in [0.05, 0.1) is 38.1 Å². The second kappa shape index (κ2) is 8.60. The van der Waals surface area contributed by atoms with E-state index in [2.05, 4.69) is 4.98 Å². The maximum absolute atomic E-state index is 12.7. The standard InChI is InChI=1S/C22H21NO6/c1-13-14-8-5-6-10-16(14)23-17(19(13)22(25)28-4)12-29-21(24)15-9-7-11-18(26-2)20(15)27-3/h5-11H,12H2,1-4H3. The van der Waals surface area contributed by atoms with E-state index in [1.807, 2.05) is 31.2 Å². The Labute approximate surface area is 168 Å². The van der Waals surface area contributed by atoms with Crippen molar-refractivity contribution in [3.05, 3.63) is 64.8 Å². The lowest BCUT2D eigenvalue weighted by Crippen LogP contribution is -2.14. The summed E-state index contributed by atoms with van der Waals surface area (Å²) in [5, 5.41) is 0.831. The smallest absolute Gasteiger partial charge is 0.342 e. The molecule has 7 nitrogen and oxygen atoms in total. The number of carbonyl (C=O) groups is 2. The predicted octanol–water partition coefficient (Wildman–Crippen LogP) is 3.70. The highest BCUT2D eigenvalue weighted by Crippen LogP contribution is 2.31. The molecule has 0 fully saturated rings. The molecular weight excluding hydrogens is 374 g/mol. The minimum Gasteiger partial charge on any atom is -0.493 e. The number of hydrogen-bond donors (Lipinski definition) is 0. The van der Waals surface area contributed by atoms with Crippen molar-refractivity contribution < 1.29 is 28.5 Å². The molecule has 3 rings (SSSR count). The number of fused-ring (bicyclic) bond motifs is 1. The molecular formula is C22H21NO6. The average molecular weight is 395 g/mol. The minimum absolute atomic E-state index is 0.199. The number of aromatic nitrogens is 1. The number of benzene rings is 2. The van der Waals surface area contributed by atoms with Gasteiger partial charge in [-0.2, -0.15) is 0 Å². The Morgan fingerprint density at radius 3 is 2.38 bits per heavy atom. The van der Waals surface area contributed by atoms with Crippen LogP contribution < -0.4 is 9.47 Å². The van der Waals surface area contributed by atoms with E-state index in [1.54, 1.807) is 18.2 Å². The minimum atomic E-state index is -0.621. The predicted molar refractivity (Wildman–Crippen MR) is 106 cm³/mol. The van der Waals surface area contributed by atoms with Crippen LogP contribution in [0.25, 0.3) is 10.9 Å². The van der Waals surface area contributed by atoms with Crippen molar-refractivity contribution >= 4 is 22.8 Å². The highest BCUT2D eigenvalue weighted by atomic mass is 16.5. The van der Waals surface area contributed by atoms with Crippen molar-refractivity contribution in [1.29, 1.82) is 0 Å². The molecule has 0 saturated heterocycles. The lowest BCUT2D eigenvalue weighted by molar-refractivity contribution is 0.0451. The summed E-state index contributed by atoms with van der Waals surface area (Å²) in [6.07, 6.45) is 0. The normalized spacial score (nSPS) is 10.5. The number of aryl methyl sites for hydroxylation is 1. The molecule has 0 bridgehead atoms. The Kier molecular flexibility index (Phi) is 5.97. The van der Waals surface area contributed by atoms with Gasteiger partial charge < -0.3 is 18.9 Å². The van der Waals surface area contributed by atoms with Gasteiger partial charge in [-0.3, -0.25) is 0 Å². The van der Waals surface area contributed by atoms with Crippen molar-refractivity contribution in [3.8, 4) is 11.5 Å². The molecule has 0 saturated carbocycles. The zero-order chi connectivity index (χ0) is 21.0. The van der Waals surface area contributed by atoms with Crippen LogP contribution in [0.5, 0.6) is 11.5 Å². The van der Waals surface area contributed by atoms with Gasteiger partial charge in [0.1, 0.15) is 12.2 Å². The molecule has 1 aromatic heterocycles. The summed E-state index contributed by atoms with van der Waals surface area (Å²) in [5.74, 6) is -0.470. The first-order chi connectivity index (χ1) is 14.0. The van der Waals surface area contributed by atoms with Crippen molar-refractivity contribution in [3.63, 3.8) is 0 Å². The Balaban J connectivity index is 1.97. The first-order valence-electron chi connectivity index (χ1n) is 8.86. The van der Waals surface area contributed by atoms with Crippen molar-refractivity contribution in [1.82, 2.24) is 4.98 Å². The van der Waals surface area contributed by atoms with Crippen LogP contribution in [0.15, 0.2) is 42.5 Å². The molecule has 2 aromatic carbocycles. The third-order valence-corrected chi connectivity index (χ3v) is 4.58. The maximum atomic E-state index is 12.7. The Hall–Kier alpha value is -3.61.